The zero-order valence-corrected chi connectivity index (χ0v) is 16.1. The molecule has 0 fully saturated rings. The first-order chi connectivity index (χ1) is 11.8. The van der Waals surface area contributed by atoms with Gasteiger partial charge in [-0.1, -0.05) is 29.3 Å². The van der Waals surface area contributed by atoms with E-state index in [0.29, 0.717) is 15.8 Å². The first kappa shape index (κ1) is 19.6. The molecule has 0 aliphatic rings. The third kappa shape index (κ3) is 6.27. The number of hydrogen-bond acceptors (Lipinski definition) is 3. The Labute approximate surface area is 161 Å². The normalized spacial score (nSPS) is 11.7. The first-order valence-electron chi connectivity index (χ1n) is 7.60. The maximum Gasteiger partial charge on any atom is 0.230 e. The predicted molar refractivity (Wildman–Crippen MR) is 104 cm³/mol. The zero-order chi connectivity index (χ0) is 18.4. The molecule has 2 rings (SSSR count). The molecule has 2 aromatic rings. The van der Waals surface area contributed by atoms with Gasteiger partial charge in [0.15, 0.2) is 0 Å². The fourth-order valence-electron chi connectivity index (χ4n) is 2.13. The highest BCUT2D eigenvalue weighted by atomic mass is 35.5. The summed E-state index contributed by atoms with van der Waals surface area (Å²) in [5.74, 6) is 0.107. The fourth-order valence-corrected chi connectivity index (χ4v) is 3.15. The van der Waals surface area contributed by atoms with Crippen molar-refractivity contribution in [2.24, 2.45) is 0 Å². The quantitative estimate of drug-likeness (QED) is 0.681. The molecule has 0 aliphatic carbocycles. The monoisotopic (exact) mass is 396 g/mol. The molecular weight excluding hydrogens is 379 g/mol. The van der Waals surface area contributed by atoms with E-state index in [0.717, 1.165) is 16.1 Å². The number of carbonyl (C=O) groups is 2. The van der Waals surface area contributed by atoms with Gasteiger partial charge < -0.3 is 10.6 Å². The molecule has 7 heteroatoms. The minimum atomic E-state index is -0.162. The van der Waals surface area contributed by atoms with Gasteiger partial charge in [-0.05, 0) is 48.9 Å². The molecule has 4 nitrogen and oxygen atoms in total. The molecule has 0 heterocycles. The molecule has 0 bridgehead atoms. The minimum absolute atomic E-state index is 0.0745. The van der Waals surface area contributed by atoms with E-state index in [2.05, 4.69) is 10.6 Å². The van der Waals surface area contributed by atoms with Crippen molar-refractivity contribution in [2.45, 2.75) is 24.8 Å². The van der Waals surface area contributed by atoms with E-state index in [9.17, 15) is 9.59 Å². The second kappa shape index (κ2) is 9.13. The Bertz CT molecular complexity index is 766. The number of rotatable bonds is 6. The number of thioether (sulfide) groups is 1. The summed E-state index contributed by atoms with van der Waals surface area (Å²) in [6.45, 7) is 3.35. The lowest BCUT2D eigenvalue weighted by Gasteiger charge is -2.15. The second-order valence-corrected chi connectivity index (χ2v) is 7.32. The molecule has 0 radical (unpaired) electrons. The van der Waals surface area contributed by atoms with Crippen LogP contribution in [0.2, 0.25) is 10.0 Å². The van der Waals surface area contributed by atoms with E-state index >= 15 is 0 Å². The van der Waals surface area contributed by atoms with Crippen LogP contribution in [0.1, 0.15) is 25.5 Å². The number of benzene rings is 2. The van der Waals surface area contributed by atoms with Gasteiger partial charge in [0.1, 0.15) is 0 Å². The minimum Gasteiger partial charge on any atom is -0.349 e. The van der Waals surface area contributed by atoms with Gasteiger partial charge in [-0.15, -0.1) is 11.8 Å². The van der Waals surface area contributed by atoms with Crippen LogP contribution in [0.5, 0.6) is 0 Å². The zero-order valence-electron chi connectivity index (χ0n) is 13.8. The van der Waals surface area contributed by atoms with Crippen molar-refractivity contribution in [2.75, 3.05) is 11.1 Å². The van der Waals surface area contributed by atoms with Crippen molar-refractivity contribution in [3.63, 3.8) is 0 Å². The van der Waals surface area contributed by atoms with Crippen molar-refractivity contribution in [3.05, 3.63) is 58.1 Å². The molecule has 0 aliphatic heterocycles. The Morgan fingerprint density at radius 2 is 1.76 bits per heavy atom. The largest absolute Gasteiger partial charge is 0.349 e. The summed E-state index contributed by atoms with van der Waals surface area (Å²) in [5.41, 5.74) is 1.63. The van der Waals surface area contributed by atoms with E-state index in [1.54, 1.807) is 24.3 Å². The molecule has 25 heavy (non-hydrogen) atoms. The van der Waals surface area contributed by atoms with E-state index in [4.69, 9.17) is 23.2 Å². The molecular formula is C18H18Cl2N2O2S. The van der Waals surface area contributed by atoms with Gasteiger partial charge >= 0.3 is 0 Å². The molecule has 2 N–H and O–H groups in total. The summed E-state index contributed by atoms with van der Waals surface area (Å²) in [5, 5.41) is 6.59. The molecule has 132 valence electrons. The van der Waals surface area contributed by atoms with Crippen LogP contribution in [0.25, 0.3) is 0 Å². The van der Waals surface area contributed by atoms with Crippen LogP contribution in [-0.2, 0) is 9.59 Å². The highest BCUT2D eigenvalue weighted by molar-refractivity contribution is 8.00. The number of hydrogen-bond donors (Lipinski definition) is 2. The Balaban J connectivity index is 1.85. The highest BCUT2D eigenvalue weighted by Crippen LogP contribution is 2.26. The van der Waals surface area contributed by atoms with Crippen molar-refractivity contribution in [1.82, 2.24) is 5.32 Å². The van der Waals surface area contributed by atoms with Crippen molar-refractivity contribution in [1.29, 1.82) is 0 Å². The Hall–Kier alpha value is -1.69. The third-order valence-electron chi connectivity index (χ3n) is 3.37. The maximum absolute atomic E-state index is 12.1. The molecule has 1 unspecified atom stereocenters. The number of nitrogens with one attached hydrogen (secondary N) is 2. The van der Waals surface area contributed by atoms with E-state index in [1.807, 2.05) is 25.1 Å². The molecule has 1 atom stereocenters. The van der Waals surface area contributed by atoms with Crippen LogP contribution < -0.4 is 10.6 Å². The molecule has 0 aromatic heterocycles. The fraction of sp³-hybridized carbons (Fsp3) is 0.222. The number of amides is 2. The summed E-state index contributed by atoms with van der Waals surface area (Å²) in [7, 11) is 0. The number of anilines is 1. The van der Waals surface area contributed by atoms with Gasteiger partial charge in [-0.2, -0.15) is 0 Å². The Kier molecular flexibility index (Phi) is 7.17. The molecule has 2 amide bonds. The lowest BCUT2D eigenvalue weighted by molar-refractivity contribution is -0.119. The van der Waals surface area contributed by atoms with Crippen LogP contribution in [0.3, 0.4) is 0 Å². The highest BCUT2D eigenvalue weighted by Gasteiger charge is 2.11. The van der Waals surface area contributed by atoms with Crippen molar-refractivity contribution < 1.29 is 9.59 Å². The van der Waals surface area contributed by atoms with Gasteiger partial charge in [-0.3, -0.25) is 9.59 Å². The van der Waals surface area contributed by atoms with Crippen molar-refractivity contribution >= 4 is 52.5 Å². The van der Waals surface area contributed by atoms with Crippen LogP contribution in [0.15, 0.2) is 47.4 Å². The maximum atomic E-state index is 12.1. The summed E-state index contributed by atoms with van der Waals surface area (Å²) in [6.07, 6.45) is 0. The van der Waals surface area contributed by atoms with Crippen LogP contribution >= 0.6 is 35.0 Å². The summed E-state index contributed by atoms with van der Waals surface area (Å²) in [4.78, 5) is 24.1. The van der Waals surface area contributed by atoms with Crippen molar-refractivity contribution in [3.8, 4) is 0 Å². The smallest absolute Gasteiger partial charge is 0.230 e. The van der Waals surface area contributed by atoms with Gasteiger partial charge in [-0.25, -0.2) is 0 Å². The van der Waals surface area contributed by atoms with E-state index in [-0.39, 0.29) is 17.9 Å². The van der Waals surface area contributed by atoms with Crippen LogP contribution in [-0.4, -0.2) is 17.6 Å². The predicted octanol–water partition coefficient (Wildman–Crippen LogP) is 4.92. The van der Waals surface area contributed by atoms with Crippen LogP contribution in [0, 0.1) is 0 Å². The summed E-state index contributed by atoms with van der Waals surface area (Å²) < 4.78 is 0. The lowest BCUT2D eigenvalue weighted by Crippen LogP contribution is -2.28. The molecule has 2 aromatic carbocycles. The molecule has 0 saturated carbocycles. The van der Waals surface area contributed by atoms with Gasteiger partial charge in [0, 0.05) is 17.5 Å². The van der Waals surface area contributed by atoms with E-state index < -0.39 is 0 Å². The first-order valence-corrected chi connectivity index (χ1v) is 9.34. The van der Waals surface area contributed by atoms with Gasteiger partial charge in [0.2, 0.25) is 11.8 Å². The van der Waals surface area contributed by atoms with Gasteiger partial charge in [0.25, 0.3) is 0 Å². The summed E-state index contributed by atoms with van der Waals surface area (Å²) in [6, 6.07) is 12.5. The number of carbonyl (C=O) groups excluding carboxylic acids is 2. The standard InChI is InChI=1S/C18H18Cl2N2O2S/c1-11(13-3-8-16(19)17(20)9-13)21-18(24)10-25-15-6-4-14(5-7-15)22-12(2)23/h3-9,11H,10H2,1-2H3,(H,21,24)(H,22,23). The topological polar surface area (TPSA) is 58.2 Å². The Morgan fingerprint density at radius 1 is 1.08 bits per heavy atom. The third-order valence-corrected chi connectivity index (χ3v) is 5.12. The Morgan fingerprint density at radius 3 is 2.36 bits per heavy atom. The lowest BCUT2D eigenvalue weighted by atomic mass is 10.1. The SMILES string of the molecule is CC(=O)Nc1ccc(SCC(=O)NC(C)c2ccc(Cl)c(Cl)c2)cc1. The average Bonchev–Trinajstić information content (AvgIpc) is 2.56. The second-order valence-electron chi connectivity index (χ2n) is 5.46. The summed E-state index contributed by atoms with van der Waals surface area (Å²) >= 11 is 13.3. The van der Waals surface area contributed by atoms with Crippen LogP contribution in [0.4, 0.5) is 5.69 Å². The average molecular weight is 397 g/mol. The molecule has 0 spiro atoms. The number of halogens is 2. The molecule has 0 saturated heterocycles. The van der Waals surface area contributed by atoms with Gasteiger partial charge in [0.05, 0.1) is 21.8 Å². The van der Waals surface area contributed by atoms with E-state index in [1.165, 1.54) is 18.7 Å².